The highest BCUT2D eigenvalue weighted by Gasteiger charge is 2.10. The summed E-state index contributed by atoms with van der Waals surface area (Å²) in [4.78, 5) is 15.6. The second kappa shape index (κ2) is 4.65. The van der Waals surface area contributed by atoms with E-state index in [1.54, 1.807) is 6.07 Å². The first kappa shape index (κ1) is 11.1. The molecular weight excluding hydrogens is 216 g/mol. The van der Waals surface area contributed by atoms with E-state index >= 15 is 0 Å². The molecule has 2 rings (SSSR count). The summed E-state index contributed by atoms with van der Waals surface area (Å²) in [6.45, 7) is 1.94. The van der Waals surface area contributed by atoms with Crippen LogP contribution in [0, 0.1) is 6.92 Å². The molecule has 2 N–H and O–H groups in total. The first-order valence-electron chi connectivity index (χ1n) is 5.18. The molecule has 1 aromatic carbocycles. The SMILES string of the molecule is Cc1cccc(NC(=O)c2ccncc2O)c1. The van der Waals surface area contributed by atoms with Crippen LogP contribution in [0.2, 0.25) is 0 Å². The maximum Gasteiger partial charge on any atom is 0.259 e. The normalized spacial score (nSPS) is 9.94. The van der Waals surface area contributed by atoms with Gasteiger partial charge in [-0.05, 0) is 30.7 Å². The summed E-state index contributed by atoms with van der Waals surface area (Å²) < 4.78 is 0. The Hall–Kier alpha value is -2.36. The van der Waals surface area contributed by atoms with Crippen LogP contribution < -0.4 is 5.32 Å². The first-order chi connectivity index (χ1) is 8.16. The second-order valence-corrected chi connectivity index (χ2v) is 3.72. The van der Waals surface area contributed by atoms with E-state index in [1.807, 2.05) is 25.1 Å². The molecule has 0 saturated heterocycles. The van der Waals surface area contributed by atoms with Crippen LogP contribution in [-0.4, -0.2) is 16.0 Å². The van der Waals surface area contributed by atoms with Crippen molar-refractivity contribution in [3.63, 3.8) is 0 Å². The van der Waals surface area contributed by atoms with Gasteiger partial charge in [-0.2, -0.15) is 0 Å². The Morgan fingerprint density at radius 1 is 1.35 bits per heavy atom. The van der Waals surface area contributed by atoms with Gasteiger partial charge in [0.1, 0.15) is 5.75 Å². The van der Waals surface area contributed by atoms with Crippen LogP contribution in [0.3, 0.4) is 0 Å². The van der Waals surface area contributed by atoms with Crippen LogP contribution in [0.25, 0.3) is 0 Å². The molecule has 0 unspecified atom stereocenters. The number of benzene rings is 1. The maximum atomic E-state index is 11.8. The molecule has 17 heavy (non-hydrogen) atoms. The number of amides is 1. The third kappa shape index (κ3) is 2.60. The van der Waals surface area contributed by atoms with Crippen LogP contribution in [0.1, 0.15) is 15.9 Å². The lowest BCUT2D eigenvalue weighted by molar-refractivity contribution is 0.102. The minimum Gasteiger partial charge on any atom is -0.505 e. The van der Waals surface area contributed by atoms with Crippen molar-refractivity contribution < 1.29 is 9.90 Å². The van der Waals surface area contributed by atoms with Crippen LogP contribution >= 0.6 is 0 Å². The Labute approximate surface area is 98.9 Å². The molecule has 1 heterocycles. The lowest BCUT2D eigenvalue weighted by atomic mass is 10.2. The second-order valence-electron chi connectivity index (χ2n) is 3.72. The molecular formula is C13H12N2O2. The van der Waals surface area contributed by atoms with Crippen molar-refractivity contribution in [3.8, 4) is 5.75 Å². The summed E-state index contributed by atoms with van der Waals surface area (Å²) in [5.74, 6) is -0.479. The summed E-state index contributed by atoms with van der Waals surface area (Å²) in [7, 11) is 0. The highest BCUT2D eigenvalue weighted by molar-refractivity contribution is 6.05. The summed E-state index contributed by atoms with van der Waals surface area (Å²) in [5.41, 5.74) is 1.97. The number of carbonyl (C=O) groups is 1. The monoisotopic (exact) mass is 228 g/mol. The van der Waals surface area contributed by atoms with E-state index in [0.29, 0.717) is 5.69 Å². The van der Waals surface area contributed by atoms with Gasteiger partial charge in [-0.15, -0.1) is 0 Å². The number of nitrogens with zero attached hydrogens (tertiary/aromatic N) is 1. The third-order valence-corrected chi connectivity index (χ3v) is 2.32. The van der Waals surface area contributed by atoms with Gasteiger partial charge >= 0.3 is 0 Å². The molecule has 0 atom stereocenters. The molecule has 0 aliphatic rings. The Morgan fingerprint density at radius 3 is 2.88 bits per heavy atom. The Balaban J connectivity index is 2.20. The van der Waals surface area contributed by atoms with Gasteiger partial charge in [0.2, 0.25) is 0 Å². The predicted octanol–water partition coefficient (Wildman–Crippen LogP) is 2.35. The Kier molecular flexibility index (Phi) is 3.05. The van der Waals surface area contributed by atoms with Gasteiger partial charge in [-0.25, -0.2) is 0 Å². The number of pyridine rings is 1. The molecule has 0 aliphatic heterocycles. The van der Waals surface area contributed by atoms with E-state index in [2.05, 4.69) is 10.3 Å². The van der Waals surface area contributed by atoms with Crippen LogP contribution in [0.5, 0.6) is 5.75 Å². The molecule has 86 valence electrons. The van der Waals surface area contributed by atoms with Crippen molar-refractivity contribution in [1.82, 2.24) is 4.98 Å². The first-order valence-corrected chi connectivity index (χ1v) is 5.18. The number of aryl methyl sites for hydroxylation is 1. The van der Waals surface area contributed by atoms with Gasteiger partial charge in [-0.1, -0.05) is 12.1 Å². The molecule has 4 heteroatoms. The minimum absolute atomic E-state index is 0.127. The fraction of sp³-hybridized carbons (Fsp3) is 0.0769. The quantitative estimate of drug-likeness (QED) is 0.829. The minimum atomic E-state index is -0.351. The molecule has 4 nitrogen and oxygen atoms in total. The van der Waals surface area contributed by atoms with E-state index in [-0.39, 0.29) is 17.2 Å². The van der Waals surface area contributed by atoms with Gasteiger partial charge in [0.05, 0.1) is 11.8 Å². The van der Waals surface area contributed by atoms with Gasteiger partial charge in [0.25, 0.3) is 5.91 Å². The molecule has 0 radical (unpaired) electrons. The van der Waals surface area contributed by atoms with Crippen LogP contribution in [0.4, 0.5) is 5.69 Å². The summed E-state index contributed by atoms with van der Waals surface area (Å²) in [5, 5.41) is 12.2. The zero-order valence-corrected chi connectivity index (χ0v) is 9.34. The summed E-state index contributed by atoms with van der Waals surface area (Å²) >= 11 is 0. The van der Waals surface area contributed by atoms with Crippen LogP contribution in [-0.2, 0) is 0 Å². The fourth-order valence-corrected chi connectivity index (χ4v) is 1.50. The molecule has 0 bridgehead atoms. The summed E-state index contributed by atoms with van der Waals surface area (Å²) in [6, 6.07) is 8.93. The molecule has 1 amide bonds. The standard InChI is InChI=1S/C13H12N2O2/c1-9-3-2-4-10(7-9)15-13(17)11-5-6-14-8-12(11)16/h2-8,16H,1H3,(H,15,17). The van der Waals surface area contributed by atoms with E-state index < -0.39 is 0 Å². The number of hydrogen-bond acceptors (Lipinski definition) is 3. The molecule has 2 aromatic rings. The molecule has 0 fully saturated rings. The number of aromatic nitrogens is 1. The number of hydrogen-bond donors (Lipinski definition) is 2. The van der Waals surface area contributed by atoms with Gasteiger partial charge < -0.3 is 10.4 Å². The highest BCUT2D eigenvalue weighted by Crippen LogP contribution is 2.17. The zero-order chi connectivity index (χ0) is 12.3. The van der Waals surface area contributed by atoms with Crippen molar-refractivity contribution >= 4 is 11.6 Å². The number of rotatable bonds is 2. The summed E-state index contributed by atoms with van der Waals surface area (Å²) in [6.07, 6.45) is 2.70. The van der Waals surface area contributed by atoms with E-state index in [9.17, 15) is 9.90 Å². The van der Waals surface area contributed by atoms with Gasteiger partial charge in [0.15, 0.2) is 0 Å². The van der Waals surface area contributed by atoms with Crippen molar-refractivity contribution in [1.29, 1.82) is 0 Å². The lowest BCUT2D eigenvalue weighted by Gasteiger charge is -2.06. The van der Waals surface area contributed by atoms with Crippen molar-refractivity contribution in [2.24, 2.45) is 0 Å². The smallest absolute Gasteiger partial charge is 0.259 e. The average molecular weight is 228 g/mol. The number of carbonyl (C=O) groups excluding carboxylic acids is 1. The molecule has 0 spiro atoms. The van der Waals surface area contributed by atoms with Crippen LogP contribution in [0.15, 0.2) is 42.7 Å². The fourth-order valence-electron chi connectivity index (χ4n) is 1.50. The van der Waals surface area contributed by atoms with Crippen molar-refractivity contribution in [2.45, 2.75) is 6.92 Å². The van der Waals surface area contributed by atoms with Crippen molar-refractivity contribution in [3.05, 3.63) is 53.9 Å². The van der Waals surface area contributed by atoms with Crippen molar-refractivity contribution in [2.75, 3.05) is 5.32 Å². The number of nitrogens with one attached hydrogen (secondary N) is 1. The largest absolute Gasteiger partial charge is 0.505 e. The Morgan fingerprint density at radius 2 is 2.18 bits per heavy atom. The number of anilines is 1. The van der Waals surface area contributed by atoms with E-state index in [1.165, 1.54) is 18.5 Å². The average Bonchev–Trinajstić information content (AvgIpc) is 2.29. The van der Waals surface area contributed by atoms with Gasteiger partial charge in [0, 0.05) is 11.9 Å². The zero-order valence-electron chi connectivity index (χ0n) is 9.34. The predicted molar refractivity (Wildman–Crippen MR) is 65.0 cm³/mol. The highest BCUT2D eigenvalue weighted by atomic mass is 16.3. The van der Waals surface area contributed by atoms with E-state index in [0.717, 1.165) is 5.56 Å². The molecule has 0 aliphatic carbocycles. The third-order valence-electron chi connectivity index (χ3n) is 2.32. The number of aromatic hydroxyl groups is 1. The van der Waals surface area contributed by atoms with E-state index in [4.69, 9.17) is 0 Å². The maximum absolute atomic E-state index is 11.8. The lowest BCUT2D eigenvalue weighted by Crippen LogP contribution is -2.12. The van der Waals surface area contributed by atoms with Gasteiger partial charge in [-0.3, -0.25) is 9.78 Å². The Bertz CT molecular complexity index is 553. The molecule has 1 aromatic heterocycles. The topological polar surface area (TPSA) is 62.2 Å². The molecule has 0 saturated carbocycles.